The molecule has 0 saturated heterocycles. The van der Waals surface area contributed by atoms with Crippen LogP contribution in [0.3, 0.4) is 0 Å². The lowest BCUT2D eigenvalue weighted by Gasteiger charge is -2.23. The van der Waals surface area contributed by atoms with Gasteiger partial charge in [-0.25, -0.2) is 0 Å². The lowest BCUT2D eigenvalue weighted by Crippen LogP contribution is -2.44. The van der Waals surface area contributed by atoms with Crippen LogP contribution in [0.2, 0.25) is 0 Å². The summed E-state index contributed by atoms with van der Waals surface area (Å²) in [5, 5.41) is 43.7. The molecule has 0 amide bonds. The Morgan fingerprint density at radius 1 is 1.00 bits per heavy atom. The fraction of sp³-hybridized carbons (Fsp3) is 1.00. The van der Waals surface area contributed by atoms with E-state index in [1.165, 1.54) is 6.92 Å². The van der Waals surface area contributed by atoms with Crippen molar-refractivity contribution in [2.75, 3.05) is 6.61 Å². The Bertz CT molecular complexity index is 105. The molecule has 0 aromatic heterocycles. The Hall–Kier alpha value is -0.200. The predicted octanol–water partition coefficient (Wildman–Crippen LogP) is -2.56. The van der Waals surface area contributed by atoms with E-state index < -0.39 is 31.0 Å². The molecule has 0 rings (SSSR count). The smallest absolute Gasteiger partial charge is 0.110 e. The normalized spacial score (nSPS) is 22.4. The second-order valence-corrected chi connectivity index (χ2v) is 2.47. The third-order valence-corrected chi connectivity index (χ3v) is 1.43. The van der Waals surface area contributed by atoms with Crippen molar-refractivity contribution in [3.8, 4) is 0 Å². The minimum Gasteiger partial charge on any atom is -0.394 e. The Kier molecular flexibility index (Phi) is 4.55. The SMILES string of the molecule is C[C@H](O)[C@H](O)[C@H](O)[C@@H](O)CO. The summed E-state index contributed by atoms with van der Waals surface area (Å²) in [4.78, 5) is 0. The van der Waals surface area contributed by atoms with Crippen LogP contribution in [-0.4, -0.2) is 56.6 Å². The van der Waals surface area contributed by atoms with Crippen LogP contribution in [0.1, 0.15) is 6.92 Å². The summed E-state index contributed by atoms with van der Waals surface area (Å²) in [7, 11) is 0. The second-order valence-electron chi connectivity index (χ2n) is 2.47. The zero-order valence-corrected chi connectivity index (χ0v) is 6.25. The van der Waals surface area contributed by atoms with Crippen molar-refractivity contribution in [2.24, 2.45) is 0 Å². The van der Waals surface area contributed by atoms with E-state index in [1.807, 2.05) is 0 Å². The van der Waals surface area contributed by atoms with E-state index in [0.717, 1.165) is 0 Å². The Morgan fingerprint density at radius 3 is 1.73 bits per heavy atom. The maximum Gasteiger partial charge on any atom is 0.110 e. The van der Waals surface area contributed by atoms with Gasteiger partial charge in [-0.1, -0.05) is 0 Å². The van der Waals surface area contributed by atoms with Crippen molar-refractivity contribution < 1.29 is 25.5 Å². The van der Waals surface area contributed by atoms with Gasteiger partial charge < -0.3 is 25.5 Å². The summed E-state index contributed by atoms with van der Waals surface area (Å²) >= 11 is 0. The van der Waals surface area contributed by atoms with E-state index >= 15 is 0 Å². The molecule has 0 aromatic carbocycles. The summed E-state index contributed by atoms with van der Waals surface area (Å²) in [6.45, 7) is 0.628. The van der Waals surface area contributed by atoms with Gasteiger partial charge in [0.2, 0.25) is 0 Å². The molecular weight excluding hydrogens is 152 g/mol. The van der Waals surface area contributed by atoms with Gasteiger partial charge in [-0.3, -0.25) is 0 Å². The molecule has 0 spiro atoms. The average Bonchev–Trinajstić information content (AvgIpc) is 2.00. The average molecular weight is 166 g/mol. The molecule has 5 heteroatoms. The molecule has 0 aliphatic rings. The van der Waals surface area contributed by atoms with E-state index in [9.17, 15) is 0 Å². The minimum atomic E-state index is -1.51. The predicted molar refractivity (Wildman–Crippen MR) is 36.8 cm³/mol. The summed E-state index contributed by atoms with van der Waals surface area (Å²) in [5.74, 6) is 0. The quantitative estimate of drug-likeness (QED) is 0.316. The fourth-order valence-corrected chi connectivity index (χ4v) is 0.621. The molecule has 0 saturated carbocycles. The van der Waals surface area contributed by atoms with Gasteiger partial charge in [0.05, 0.1) is 12.7 Å². The van der Waals surface area contributed by atoms with Crippen LogP contribution in [0.4, 0.5) is 0 Å². The third-order valence-electron chi connectivity index (χ3n) is 1.43. The van der Waals surface area contributed by atoms with Crippen molar-refractivity contribution in [3.05, 3.63) is 0 Å². The van der Waals surface area contributed by atoms with Crippen molar-refractivity contribution in [2.45, 2.75) is 31.3 Å². The van der Waals surface area contributed by atoms with E-state index in [2.05, 4.69) is 0 Å². The Morgan fingerprint density at radius 2 is 1.45 bits per heavy atom. The van der Waals surface area contributed by atoms with Crippen LogP contribution in [-0.2, 0) is 0 Å². The Labute approximate surface area is 64.5 Å². The van der Waals surface area contributed by atoms with E-state index in [-0.39, 0.29) is 0 Å². The van der Waals surface area contributed by atoms with Crippen LogP contribution < -0.4 is 0 Å². The molecule has 0 aliphatic carbocycles. The largest absolute Gasteiger partial charge is 0.394 e. The summed E-state index contributed by atoms with van der Waals surface area (Å²) < 4.78 is 0. The van der Waals surface area contributed by atoms with Crippen molar-refractivity contribution in [1.82, 2.24) is 0 Å². The maximum absolute atomic E-state index is 8.94. The van der Waals surface area contributed by atoms with Crippen molar-refractivity contribution in [3.63, 3.8) is 0 Å². The Balaban J connectivity index is 3.90. The van der Waals surface area contributed by atoms with Gasteiger partial charge in [0.15, 0.2) is 0 Å². The molecule has 0 bridgehead atoms. The van der Waals surface area contributed by atoms with Gasteiger partial charge in [0, 0.05) is 0 Å². The van der Waals surface area contributed by atoms with Gasteiger partial charge in [-0.05, 0) is 6.92 Å². The van der Waals surface area contributed by atoms with Crippen LogP contribution in [0.25, 0.3) is 0 Å². The summed E-state index contributed by atoms with van der Waals surface area (Å²) in [6, 6.07) is 0. The van der Waals surface area contributed by atoms with Crippen LogP contribution in [0, 0.1) is 0 Å². The van der Waals surface area contributed by atoms with Gasteiger partial charge in [0.25, 0.3) is 0 Å². The van der Waals surface area contributed by atoms with E-state index in [0.29, 0.717) is 0 Å². The highest BCUT2D eigenvalue weighted by molar-refractivity contribution is 4.77. The van der Waals surface area contributed by atoms with Gasteiger partial charge >= 0.3 is 0 Å². The first kappa shape index (κ1) is 10.8. The molecule has 4 atom stereocenters. The summed E-state index contributed by atoms with van der Waals surface area (Å²) in [5.41, 5.74) is 0. The zero-order valence-electron chi connectivity index (χ0n) is 6.25. The van der Waals surface area contributed by atoms with Crippen molar-refractivity contribution >= 4 is 0 Å². The van der Waals surface area contributed by atoms with E-state index in [4.69, 9.17) is 25.5 Å². The van der Waals surface area contributed by atoms with E-state index in [1.54, 1.807) is 0 Å². The highest BCUT2D eigenvalue weighted by atomic mass is 16.4. The number of hydrogen-bond acceptors (Lipinski definition) is 5. The highest BCUT2D eigenvalue weighted by Gasteiger charge is 2.27. The topological polar surface area (TPSA) is 101 Å². The standard InChI is InChI=1S/C6H14O5/c1-3(8)5(10)6(11)4(9)2-7/h3-11H,2H2,1H3/t3-,4-,5-,6+/m0/s1. The fourth-order valence-electron chi connectivity index (χ4n) is 0.621. The van der Waals surface area contributed by atoms with Gasteiger partial charge in [0.1, 0.15) is 18.3 Å². The lowest BCUT2D eigenvalue weighted by molar-refractivity contribution is -0.110. The number of aliphatic hydroxyl groups is 5. The molecule has 0 radical (unpaired) electrons. The molecule has 68 valence electrons. The minimum absolute atomic E-state index is 0.648. The molecular formula is C6H14O5. The molecule has 0 heterocycles. The monoisotopic (exact) mass is 166 g/mol. The summed E-state index contributed by atoms with van der Waals surface area (Å²) in [6.07, 6.45) is -5.50. The van der Waals surface area contributed by atoms with Gasteiger partial charge in [-0.15, -0.1) is 0 Å². The zero-order chi connectivity index (χ0) is 9.02. The number of rotatable bonds is 4. The second kappa shape index (κ2) is 4.63. The lowest BCUT2D eigenvalue weighted by atomic mass is 10.1. The van der Waals surface area contributed by atoms with Crippen LogP contribution in [0.15, 0.2) is 0 Å². The van der Waals surface area contributed by atoms with Crippen molar-refractivity contribution in [1.29, 1.82) is 0 Å². The highest BCUT2D eigenvalue weighted by Crippen LogP contribution is 2.03. The molecule has 11 heavy (non-hydrogen) atoms. The van der Waals surface area contributed by atoms with Gasteiger partial charge in [-0.2, -0.15) is 0 Å². The molecule has 5 nitrogen and oxygen atoms in total. The molecule has 0 unspecified atom stereocenters. The van der Waals surface area contributed by atoms with Crippen LogP contribution >= 0.6 is 0 Å². The number of hydrogen-bond donors (Lipinski definition) is 5. The third kappa shape index (κ3) is 3.13. The first-order chi connectivity index (χ1) is 5.00. The number of aliphatic hydroxyl groups excluding tert-OH is 5. The molecule has 0 fully saturated rings. The first-order valence-electron chi connectivity index (χ1n) is 3.33. The molecule has 0 aliphatic heterocycles. The maximum atomic E-state index is 8.94. The molecule has 0 aromatic rings. The molecule has 5 N–H and O–H groups in total. The first-order valence-corrected chi connectivity index (χ1v) is 3.33. The van der Waals surface area contributed by atoms with Crippen LogP contribution in [0.5, 0.6) is 0 Å².